The SMILES string of the molecule is CC1CC1N(C)C(C)C. The molecule has 1 saturated carbocycles. The van der Waals surface area contributed by atoms with Crippen LogP contribution in [0.2, 0.25) is 0 Å². The zero-order valence-corrected chi connectivity index (χ0v) is 6.89. The molecule has 1 fully saturated rings. The molecule has 0 aromatic carbocycles. The third-order valence-electron chi connectivity index (χ3n) is 2.40. The van der Waals surface area contributed by atoms with E-state index in [4.69, 9.17) is 0 Å². The fourth-order valence-electron chi connectivity index (χ4n) is 1.25. The molecule has 1 aliphatic rings. The Morgan fingerprint density at radius 1 is 1.44 bits per heavy atom. The minimum absolute atomic E-state index is 0.722. The van der Waals surface area contributed by atoms with Crippen LogP contribution in [0, 0.1) is 5.92 Å². The Hall–Kier alpha value is -0.0400. The Morgan fingerprint density at radius 2 is 1.89 bits per heavy atom. The van der Waals surface area contributed by atoms with Crippen molar-refractivity contribution >= 4 is 0 Å². The third kappa shape index (κ3) is 1.45. The molecule has 0 amide bonds. The Labute approximate surface area is 58.0 Å². The molecule has 0 heterocycles. The summed E-state index contributed by atoms with van der Waals surface area (Å²) in [7, 11) is 2.22. The molecule has 0 saturated heterocycles. The highest BCUT2D eigenvalue weighted by atomic mass is 15.2. The van der Waals surface area contributed by atoms with Crippen LogP contribution in [-0.2, 0) is 0 Å². The van der Waals surface area contributed by atoms with Crippen LogP contribution >= 0.6 is 0 Å². The van der Waals surface area contributed by atoms with Crippen molar-refractivity contribution < 1.29 is 0 Å². The number of rotatable bonds is 2. The van der Waals surface area contributed by atoms with Crippen molar-refractivity contribution in [3.8, 4) is 0 Å². The summed E-state index contributed by atoms with van der Waals surface area (Å²) in [4.78, 5) is 2.46. The van der Waals surface area contributed by atoms with Crippen LogP contribution in [-0.4, -0.2) is 24.0 Å². The van der Waals surface area contributed by atoms with E-state index in [1.807, 2.05) is 0 Å². The molecule has 1 aliphatic carbocycles. The maximum Gasteiger partial charge on any atom is 0.0124 e. The lowest BCUT2D eigenvalue weighted by molar-refractivity contribution is 0.254. The Kier molecular flexibility index (Phi) is 1.80. The summed E-state index contributed by atoms with van der Waals surface area (Å²) in [5.74, 6) is 0.956. The van der Waals surface area contributed by atoms with Crippen LogP contribution in [0.15, 0.2) is 0 Å². The van der Waals surface area contributed by atoms with Gasteiger partial charge in [0.25, 0.3) is 0 Å². The van der Waals surface area contributed by atoms with E-state index in [0.29, 0.717) is 0 Å². The molecule has 2 atom stereocenters. The van der Waals surface area contributed by atoms with Crippen molar-refractivity contribution in [2.75, 3.05) is 7.05 Å². The molecule has 1 rings (SSSR count). The van der Waals surface area contributed by atoms with E-state index in [2.05, 4.69) is 32.7 Å². The van der Waals surface area contributed by atoms with Crippen molar-refractivity contribution in [3.63, 3.8) is 0 Å². The molecule has 54 valence electrons. The fraction of sp³-hybridized carbons (Fsp3) is 1.00. The van der Waals surface area contributed by atoms with Crippen molar-refractivity contribution in [3.05, 3.63) is 0 Å². The van der Waals surface area contributed by atoms with E-state index in [9.17, 15) is 0 Å². The predicted octanol–water partition coefficient (Wildman–Crippen LogP) is 1.74. The lowest BCUT2D eigenvalue weighted by Crippen LogP contribution is -2.29. The molecule has 0 spiro atoms. The van der Waals surface area contributed by atoms with Gasteiger partial charge < -0.3 is 4.90 Å². The van der Waals surface area contributed by atoms with Gasteiger partial charge in [-0.15, -0.1) is 0 Å². The summed E-state index contributed by atoms with van der Waals surface area (Å²) >= 11 is 0. The maximum atomic E-state index is 2.46. The van der Waals surface area contributed by atoms with Gasteiger partial charge in [-0.3, -0.25) is 0 Å². The largest absolute Gasteiger partial charge is 0.301 e. The molecule has 9 heavy (non-hydrogen) atoms. The van der Waals surface area contributed by atoms with Crippen LogP contribution in [0.4, 0.5) is 0 Å². The third-order valence-corrected chi connectivity index (χ3v) is 2.40. The van der Waals surface area contributed by atoms with Crippen LogP contribution in [0.3, 0.4) is 0 Å². The zero-order chi connectivity index (χ0) is 7.02. The highest BCUT2D eigenvalue weighted by Gasteiger charge is 2.36. The second-order valence-corrected chi connectivity index (χ2v) is 3.54. The summed E-state index contributed by atoms with van der Waals surface area (Å²) in [6, 6.07) is 1.62. The lowest BCUT2D eigenvalue weighted by Gasteiger charge is -2.20. The quantitative estimate of drug-likeness (QED) is 0.546. The zero-order valence-electron chi connectivity index (χ0n) is 6.89. The number of nitrogens with zero attached hydrogens (tertiary/aromatic N) is 1. The highest BCUT2D eigenvalue weighted by Crippen LogP contribution is 2.34. The molecule has 0 radical (unpaired) electrons. The Bertz CT molecular complexity index is 98.7. The van der Waals surface area contributed by atoms with Crippen LogP contribution < -0.4 is 0 Å². The van der Waals surface area contributed by atoms with Gasteiger partial charge in [0.15, 0.2) is 0 Å². The first-order valence-electron chi connectivity index (χ1n) is 3.85. The van der Waals surface area contributed by atoms with Gasteiger partial charge in [-0.25, -0.2) is 0 Å². The van der Waals surface area contributed by atoms with E-state index in [1.54, 1.807) is 0 Å². The van der Waals surface area contributed by atoms with Crippen LogP contribution in [0.1, 0.15) is 27.2 Å². The molecule has 0 bridgehead atoms. The molecular formula is C8H17N. The van der Waals surface area contributed by atoms with E-state index < -0.39 is 0 Å². The van der Waals surface area contributed by atoms with E-state index >= 15 is 0 Å². The van der Waals surface area contributed by atoms with Crippen LogP contribution in [0.25, 0.3) is 0 Å². The van der Waals surface area contributed by atoms with E-state index in [0.717, 1.165) is 18.0 Å². The van der Waals surface area contributed by atoms with Crippen molar-refractivity contribution in [2.45, 2.75) is 39.3 Å². The second kappa shape index (κ2) is 2.30. The molecule has 1 heteroatoms. The van der Waals surface area contributed by atoms with Crippen molar-refractivity contribution in [1.82, 2.24) is 4.90 Å². The van der Waals surface area contributed by atoms with E-state index in [1.165, 1.54) is 6.42 Å². The summed E-state index contributed by atoms with van der Waals surface area (Å²) in [5, 5.41) is 0. The highest BCUT2D eigenvalue weighted by molar-refractivity contribution is 4.91. The minimum Gasteiger partial charge on any atom is -0.301 e. The maximum absolute atomic E-state index is 2.46. The first-order chi connectivity index (χ1) is 4.13. The van der Waals surface area contributed by atoms with Gasteiger partial charge in [0.05, 0.1) is 0 Å². The van der Waals surface area contributed by atoms with Gasteiger partial charge in [-0.05, 0) is 33.2 Å². The molecule has 0 aromatic rings. The summed E-state index contributed by atoms with van der Waals surface area (Å²) < 4.78 is 0. The fourth-order valence-corrected chi connectivity index (χ4v) is 1.25. The van der Waals surface area contributed by atoms with Gasteiger partial charge in [0, 0.05) is 12.1 Å². The van der Waals surface area contributed by atoms with Gasteiger partial charge in [-0.1, -0.05) is 6.92 Å². The standard InChI is InChI=1S/C8H17N/c1-6(2)9(4)8-5-7(8)3/h6-8H,5H2,1-4H3. The van der Waals surface area contributed by atoms with Gasteiger partial charge in [0.1, 0.15) is 0 Å². The molecule has 2 unspecified atom stereocenters. The monoisotopic (exact) mass is 127 g/mol. The molecule has 0 N–H and O–H groups in total. The summed E-state index contributed by atoms with van der Waals surface area (Å²) in [6.07, 6.45) is 1.41. The first kappa shape index (κ1) is 7.07. The normalized spacial score (nSPS) is 34.0. The molecule has 0 aromatic heterocycles. The van der Waals surface area contributed by atoms with Gasteiger partial charge in [0.2, 0.25) is 0 Å². The summed E-state index contributed by atoms with van der Waals surface area (Å²) in [6.45, 7) is 6.83. The van der Waals surface area contributed by atoms with Crippen LogP contribution in [0.5, 0.6) is 0 Å². The Balaban J connectivity index is 2.27. The van der Waals surface area contributed by atoms with Crippen molar-refractivity contribution in [1.29, 1.82) is 0 Å². The number of hydrogen-bond acceptors (Lipinski definition) is 1. The number of hydrogen-bond donors (Lipinski definition) is 0. The van der Waals surface area contributed by atoms with E-state index in [-0.39, 0.29) is 0 Å². The molecule has 1 nitrogen and oxygen atoms in total. The van der Waals surface area contributed by atoms with Crippen molar-refractivity contribution in [2.24, 2.45) is 5.92 Å². The topological polar surface area (TPSA) is 3.24 Å². The Morgan fingerprint density at radius 3 is 2.00 bits per heavy atom. The smallest absolute Gasteiger partial charge is 0.0124 e. The van der Waals surface area contributed by atoms with Gasteiger partial charge >= 0.3 is 0 Å². The minimum atomic E-state index is 0.722. The average molecular weight is 127 g/mol. The average Bonchev–Trinajstić information content (AvgIpc) is 2.44. The first-order valence-corrected chi connectivity index (χ1v) is 3.85. The molecule has 0 aliphatic heterocycles. The van der Waals surface area contributed by atoms with Gasteiger partial charge in [-0.2, -0.15) is 0 Å². The molecular weight excluding hydrogens is 110 g/mol. The predicted molar refractivity (Wildman–Crippen MR) is 40.5 cm³/mol. The summed E-state index contributed by atoms with van der Waals surface area (Å²) in [5.41, 5.74) is 0. The second-order valence-electron chi connectivity index (χ2n) is 3.54. The lowest BCUT2D eigenvalue weighted by atomic mass is 10.3.